The van der Waals surface area contributed by atoms with Crippen molar-refractivity contribution in [2.24, 2.45) is 0 Å². The van der Waals surface area contributed by atoms with E-state index >= 15 is 0 Å². The molecule has 0 aliphatic carbocycles. The maximum atomic E-state index is 12.9. The second-order valence-electron chi connectivity index (χ2n) is 6.89. The molecule has 29 heavy (non-hydrogen) atoms. The third kappa shape index (κ3) is 3.30. The van der Waals surface area contributed by atoms with Crippen LogP contribution in [-0.4, -0.2) is 34.4 Å². The monoisotopic (exact) mass is 429 g/mol. The molecule has 1 aliphatic rings. The first kappa shape index (κ1) is 19.5. The Hall–Kier alpha value is -2.78. The second kappa shape index (κ2) is 7.23. The average molecular weight is 430 g/mol. The number of aromatic amines is 1. The van der Waals surface area contributed by atoms with Crippen molar-refractivity contribution in [3.05, 3.63) is 49.8 Å². The minimum absolute atomic E-state index is 0.185. The summed E-state index contributed by atoms with van der Waals surface area (Å²) in [6, 6.07) is 6.75. The number of likely N-dealkylation sites (N-methyl/N-ethyl adjacent to an activating group) is 1. The summed E-state index contributed by atoms with van der Waals surface area (Å²) >= 11 is 6.81. The van der Waals surface area contributed by atoms with Crippen molar-refractivity contribution in [2.75, 3.05) is 11.9 Å². The lowest BCUT2D eigenvalue weighted by atomic mass is 10.1. The molecule has 1 unspecified atom stereocenters. The number of ketones is 1. The smallest absolute Gasteiger partial charge is 0.267 e. The molecule has 150 valence electrons. The van der Waals surface area contributed by atoms with E-state index in [0.29, 0.717) is 22.4 Å². The molecule has 0 bridgehead atoms. The van der Waals surface area contributed by atoms with Gasteiger partial charge in [0.05, 0.1) is 17.6 Å². The van der Waals surface area contributed by atoms with Gasteiger partial charge >= 0.3 is 0 Å². The molecule has 1 N–H and O–H groups in total. The van der Waals surface area contributed by atoms with Crippen LogP contribution in [0.3, 0.4) is 0 Å². The first-order chi connectivity index (χ1) is 13.8. The van der Waals surface area contributed by atoms with Crippen molar-refractivity contribution in [1.82, 2.24) is 9.55 Å². The number of rotatable bonds is 4. The highest BCUT2D eigenvalue weighted by molar-refractivity contribution is 7.71. The number of fused-ring (bicyclic) bond motifs is 2. The quantitative estimate of drug-likeness (QED) is 0.508. The lowest BCUT2D eigenvalue weighted by molar-refractivity contribution is -0.125. The maximum Gasteiger partial charge on any atom is 0.267 e. The lowest BCUT2D eigenvalue weighted by Crippen LogP contribution is -2.42. The number of amides is 1. The Balaban J connectivity index is 1.70. The number of thiophene rings is 1. The molecule has 7 nitrogen and oxygen atoms in total. The van der Waals surface area contributed by atoms with Crippen LogP contribution in [0.25, 0.3) is 10.2 Å². The summed E-state index contributed by atoms with van der Waals surface area (Å²) < 4.78 is 7.08. The number of ether oxygens (including phenoxy) is 1. The van der Waals surface area contributed by atoms with Gasteiger partial charge < -0.3 is 14.6 Å². The Morgan fingerprint density at radius 3 is 2.79 bits per heavy atom. The van der Waals surface area contributed by atoms with Gasteiger partial charge in [-0.1, -0.05) is 6.92 Å². The van der Waals surface area contributed by atoms with Crippen LogP contribution in [0.1, 0.15) is 29.1 Å². The van der Waals surface area contributed by atoms with Gasteiger partial charge in [-0.05, 0) is 49.8 Å². The van der Waals surface area contributed by atoms with Gasteiger partial charge in [-0.3, -0.25) is 19.0 Å². The molecule has 2 aromatic heterocycles. The molecular formula is C20H19N3O4S2. The van der Waals surface area contributed by atoms with Crippen LogP contribution in [0.5, 0.6) is 5.75 Å². The van der Waals surface area contributed by atoms with Crippen molar-refractivity contribution >= 4 is 51.1 Å². The van der Waals surface area contributed by atoms with E-state index in [1.807, 2.05) is 13.0 Å². The number of hydrogen-bond acceptors (Lipinski definition) is 6. The summed E-state index contributed by atoms with van der Waals surface area (Å²) in [6.45, 7) is 3.51. The van der Waals surface area contributed by atoms with Gasteiger partial charge in [0, 0.05) is 17.5 Å². The standard InChI is InChI=1S/C20H19N3O4S2/c1-4-12-8-13-17(29-12)21-20(28)23(19(13)26)9-15(24)11-5-6-16-14(7-11)22(3)18(25)10(2)27-16/h5-8,10H,4,9H2,1-3H3,(H,21,28). The third-order valence-electron chi connectivity index (χ3n) is 5.00. The third-order valence-corrected chi connectivity index (χ3v) is 6.52. The number of nitrogens with one attached hydrogen (secondary N) is 1. The first-order valence-corrected chi connectivity index (χ1v) is 10.4. The Bertz CT molecular complexity index is 1270. The molecule has 0 saturated carbocycles. The Labute approximate surface area is 175 Å². The van der Waals surface area contributed by atoms with E-state index in [-0.39, 0.29) is 28.6 Å². The Kier molecular flexibility index (Phi) is 4.87. The molecule has 0 spiro atoms. The van der Waals surface area contributed by atoms with E-state index in [0.717, 1.165) is 16.1 Å². The highest BCUT2D eigenvalue weighted by atomic mass is 32.1. The summed E-state index contributed by atoms with van der Waals surface area (Å²) in [6.07, 6.45) is 0.247. The van der Waals surface area contributed by atoms with Crippen molar-refractivity contribution in [2.45, 2.75) is 32.9 Å². The molecule has 1 aliphatic heterocycles. The minimum Gasteiger partial charge on any atom is -0.479 e. The summed E-state index contributed by atoms with van der Waals surface area (Å²) in [5.41, 5.74) is 0.621. The van der Waals surface area contributed by atoms with Crippen molar-refractivity contribution < 1.29 is 14.3 Å². The zero-order valence-corrected chi connectivity index (χ0v) is 17.8. The topological polar surface area (TPSA) is 84.4 Å². The van der Waals surface area contributed by atoms with Crippen molar-refractivity contribution in [3.63, 3.8) is 0 Å². The van der Waals surface area contributed by atoms with Crippen LogP contribution < -0.4 is 15.2 Å². The number of benzene rings is 1. The highest BCUT2D eigenvalue weighted by Gasteiger charge is 2.29. The molecule has 1 amide bonds. The van der Waals surface area contributed by atoms with E-state index in [4.69, 9.17) is 17.0 Å². The number of H-pyrrole nitrogens is 1. The van der Waals surface area contributed by atoms with E-state index in [2.05, 4.69) is 4.98 Å². The number of anilines is 1. The van der Waals surface area contributed by atoms with Gasteiger partial charge in [0.15, 0.2) is 16.7 Å². The van der Waals surface area contributed by atoms with E-state index in [1.165, 1.54) is 20.8 Å². The Morgan fingerprint density at radius 1 is 1.31 bits per heavy atom. The minimum atomic E-state index is -0.573. The predicted octanol–water partition coefficient (Wildman–Crippen LogP) is 3.31. The molecule has 1 aromatic carbocycles. The number of nitrogens with zero attached hydrogens (tertiary/aromatic N) is 2. The zero-order chi connectivity index (χ0) is 20.9. The number of aromatic nitrogens is 2. The fourth-order valence-corrected chi connectivity index (χ4v) is 4.63. The van der Waals surface area contributed by atoms with Crippen LogP contribution in [0.15, 0.2) is 29.1 Å². The van der Waals surface area contributed by atoms with E-state index < -0.39 is 6.10 Å². The van der Waals surface area contributed by atoms with Crippen LogP contribution in [0, 0.1) is 4.77 Å². The Morgan fingerprint density at radius 2 is 2.07 bits per heavy atom. The van der Waals surface area contributed by atoms with E-state index in [9.17, 15) is 14.4 Å². The molecule has 0 radical (unpaired) electrons. The largest absolute Gasteiger partial charge is 0.479 e. The van der Waals surface area contributed by atoms with Gasteiger partial charge in [0.25, 0.3) is 11.5 Å². The van der Waals surface area contributed by atoms with Crippen LogP contribution in [-0.2, 0) is 17.8 Å². The van der Waals surface area contributed by atoms with Gasteiger partial charge in [-0.15, -0.1) is 11.3 Å². The van der Waals surface area contributed by atoms with Gasteiger partial charge in [0.2, 0.25) is 0 Å². The molecule has 0 fully saturated rings. The predicted molar refractivity (Wildman–Crippen MR) is 115 cm³/mol. The SMILES string of the molecule is CCc1cc2c(=O)n(CC(=O)c3ccc4c(c3)N(C)C(=O)C(C)O4)c(=S)[nH]c2s1. The molecule has 3 heterocycles. The van der Waals surface area contributed by atoms with Crippen LogP contribution in [0.2, 0.25) is 0 Å². The number of aryl methyl sites for hydroxylation is 1. The second-order valence-corrected chi connectivity index (χ2v) is 8.42. The number of carbonyl (C=O) groups excluding carboxylic acids is 2. The molecule has 1 atom stereocenters. The lowest BCUT2D eigenvalue weighted by Gasteiger charge is -2.30. The van der Waals surface area contributed by atoms with Gasteiger partial charge in [-0.25, -0.2) is 0 Å². The number of Topliss-reactive ketones (excluding diaryl/α,β-unsaturated/α-hetero) is 1. The maximum absolute atomic E-state index is 12.9. The normalized spacial score (nSPS) is 16.0. The van der Waals surface area contributed by atoms with Crippen molar-refractivity contribution in [1.29, 1.82) is 0 Å². The van der Waals surface area contributed by atoms with Crippen LogP contribution in [0.4, 0.5) is 5.69 Å². The van der Waals surface area contributed by atoms with Gasteiger partial charge in [-0.2, -0.15) is 0 Å². The summed E-state index contributed by atoms with van der Waals surface area (Å²) in [7, 11) is 1.64. The zero-order valence-electron chi connectivity index (χ0n) is 16.1. The number of hydrogen-bond donors (Lipinski definition) is 1. The molecule has 9 heteroatoms. The fourth-order valence-electron chi connectivity index (χ4n) is 3.33. The van der Waals surface area contributed by atoms with Crippen molar-refractivity contribution in [3.8, 4) is 5.75 Å². The van der Waals surface area contributed by atoms with Gasteiger partial charge in [0.1, 0.15) is 10.6 Å². The fraction of sp³-hybridized carbons (Fsp3) is 0.300. The molecule has 3 aromatic rings. The molecule has 4 rings (SSSR count). The average Bonchev–Trinajstić information content (AvgIpc) is 3.12. The molecular weight excluding hydrogens is 410 g/mol. The van der Waals surface area contributed by atoms with E-state index in [1.54, 1.807) is 32.2 Å². The number of carbonyl (C=O) groups is 2. The van der Waals surface area contributed by atoms with Crippen LogP contribution >= 0.6 is 23.6 Å². The summed E-state index contributed by atoms with van der Waals surface area (Å²) in [5.74, 6) is 0.0759. The summed E-state index contributed by atoms with van der Waals surface area (Å²) in [4.78, 5) is 44.2. The first-order valence-electron chi connectivity index (χ1n) is 9.17. The summed E-state index contributed by atoms with van der Waals surface area (Å²) in [5, 5.41) is 0.534. The molecule has 0 saturated heterocycles. The highest BCUT2D eigenvalue weighted by Crippen LogP contribution is 2.34.